The summed E-state index contributed by atoms with van der Waals surface area (Å²) in [5.74, 6) is 1.16. The zero-order chi connectivity index (χ0) is 13.9. The van der Waals surface area contributed by atoms with Crippen LogP contribution in [0.1, 0.15) is 29.2 Å². The molecule has 1 aromatic heterocycles. The lowest BCUT2D eigenvalue weighted by Gasteiger charge is -2.13. The molecule has 3 nitrogen and oxygen atoms in total. The van der Waals surface area contributed by atoms with Gasteiger partial charge in [-0.15, -0.1) is 6.58 Å². The summed E-state index contributed by atoms with van der Waals surface area (Å²) < 4.78 is 0. The van der Waals surface area contributed by atoms with Gasteiger partial charge in [-0.05, 0) is 30.0 Å². The molecule has 0 saturated carbocycles. The van der Waals surface area contributed by atoms with Crippen LogP contribution in [0.15, 0.2) is 43.0 Å². The molecule has 1 aliphatic carbocycles. The molecule has 2 aromatic rings. The van der Waals surface area contributed by atoms with E-state index in [1.807, 2.05) is 12.1 Å². The fraction of sp³-hybridized carbons (Fsp3) is 0.250. The predicted molar refractivity (Wildman–Crippen MR) is 82.3 cm³/mol. The maximum Gasteiger partial charge on any atom is 0.224 e. The molecule has 0 spiro atoms. The molecular formula is C16H16ClN3. The highest BCUT2D eigenvalue weighted by atomic mass is 35.5. The summed E-state index contributed by atoms with van der Waals surface area (Å²) in [6.45, 7) is 4.39. The van der Waals surface area contributed by atoms with Crippen LogP contribution in [0.5, 0.6) is 0 Å². The molecule has 1 aliphatic rings. The van der Waals surface area contributed by atoms with Gasteiger partial charge in [0.1, 0.15) is 5.82 Å². The van der Waals surface area contributed by atoms with Crippen molar-refractivity contribution in [2.24, 2.45) is 0 Å². The molecule has 0 saturated heterocycles. The topological polar surface area (TPSA) is 37.8 Å². The molecule has 0 aliphatic heterocycles. The number of fused-ring (bicyclic) bond motifs is 1. The third kappa shape index (κ3) is 2.41. The summed E-state index contributed by atoms with van der Waals surface area (Å²) in [4.78, 5) is 8.77. The highest BCUT2D eigenvalue weighted by molar-refractivity contribution is 6.28. The zero-order valence-corrected chi connectivity index (χ0v) is 11.9. The van der Waals surface area contributed by atoms with Gasteiger partial charge in [-0.25, -0.2) is 9.97 Å². The van der Waals surface area contributed by atoms with E-state index >= 15 is 0 Å². The number of nitrogens with one attached hydrogen (secondary N) is 1. The standard InChI is InChI=1S/C16H16ClN3/c1-2-10-18-15-13-9-8-12(11-6-4-3-5-7-11)14(13)19-16(17)20-15/h2-7,12H,1,8-10H2,(H,18,19,20). The third-order valence-electron chi connectivity index (χ3n) is 3.64. The van der Waals surface area contributed by atoms with Crippen molar-refractivity contribution in [3.8, 4) is 0 Å². The second-order valence-corrected chi connectivity index (χ2v) is 5.21. The van der Waals surface area contributed by atoms with Crippen LogP contribution < -0.4 is 5.32 Å². The predicted octanol–water partition coefficient (Wildman–Crippen LogP) is 3.81. The number of benzene rings is 1. The second kappa shape index (κ2) is 5.63. The van der Waals surface area contributed by atoms with Crippen LogP contribution in [0, 0.1) is 0 Å². The van der Waals surface area contributed by atoms with Gasteiger partial charge in [0.15, 0.2) is 0 Å². The summed E-state index contributed by atoms with van der Waals surface area (Å²) in [5.41, 5.74) is 3.53. The smallest absolute Gasteiger partial charge is 0.224 e. The van der Waals surface area contributed by atoms with E-state index in [1.165, 1.54) is 11.1 Å². The number of rotatable bonds is 4. The normalized spacial score (nSPS) is 16.8. The van der Waals surface area contributed by atoms with E-state index in [4.69, 9.17) is 11.6 Å². The summed E-state index contributed by atoms with van der Waals surface area (Å²) in [7, 11) is 0. The minimum Gasteiger partial charge on any atom is -0.366 e. The Morgan fingerprint density at radius 3 is 2.85 bits per heavy atom. The highest BCUT2D eigenvalue weighted by Gasteiger charge is 2.28. The van der Waals surface area contributed by atoms with Crippen LogP contribution in [-0.4, -0.2) is 16.5 Å². The van der Waals surface area contributed by atoms with Gasteiger partial charge in [0.25, 0.3) is 0 Å². The van der Waals surface area contributed by atoms with Gasteiger partial charge in [-0.3, -0.25) is 0 Å². The highest BCUT2D eigenvalue weighted by Crippen LogP contribution is 2.39. The Hall–Kier alpha value is -1.87. The number of nitrogens with zero attached hydrogens (tertiary/aromatic N) is 2. The molecular weight excluding hydrogens is 270 g/mol. The minimum atomic E-state index is 0.304. The molecule has 1 N–H and O–H groups in total. The van der Waals surface area contributed by atoms with Crippen molar-refractivity contribution in [1.29, 1.82) is 0 Å². The van der Waals surface area contributed by atoms with Crippen molar-refractivity contribution in [2.45, 2.75) is 18.8 Å². The van der Waals surface area contributed by atoms with Crippen molar-refractivity contribution in [1.82, 2.24) is 9.97 Å². The monoisotopic (exact) mass is 285 g/mol. The fourth-order valence-electron chi connectivity index (χ4n) is 2.76. The van der Waals surface area contributed by atoms with Crippen LogP contribution in [0.2, 0.25) is 5.28 Å². The molecule has 0 fully saturated rings. The van der Waals surface area contributed by atoms with Gasteiger partial charge in [0.05, 0.1) is 5.69 Å². The Labute approximate surface area is 123 Å². The maximum absolute atomic E-state index is 6.07. The maximum atomic E-state index is 6.07. The molecule has 0 amide bonds. The van der Waals surface area contributed by atoms with E-state index in [1.54, 1.807) is 0 Å². The summed E-state index contributed by atoms with van der Waals surface area (Å²) in [6, 6.07) is 10.4. The Kier molecular flexibility index (Phi) is 3.70. The number of hydrogen-bond donors (Lipinski definition) is 1. The fourth-order valence-corrected chi connectivity index (χ4v) is 2.93. The van der Waals surface area contributed by atoms with E-state index in [0.717, 1.165) is 24.4 Å². The van der Waals surface area contributed by atoms with Crippen LogP contribution in [0.3, 0.4) is 0 Å². The van der Waals surface area contributed by atoms with E-state index in [2.05, 4.69) is 46.1 Å². The largest absolute Gasteiger partial charge is 0.366 e. The van der Waals surface area contributed by atoms with Gasteiger partial charge in [-0.2, -0.15) is 0 Å². The molecule has 1 atom stereocenters. The van der Waals surface area contributed by atoms with Gasteiger partial charge >= 0.3 is 0 Å². The minimum absolute atomic E-state index is 0.304. The first-order chi connectivity index (χ1) is 9.79. The van der Waals surface area contributed by atoms with Crippen LogP contribution in [0.25, 0.3) is 0 Å². The molecule has 4 heteroatoms. The number of anilines is 1. The van der Waals surface area contributed by atoms with Crippen molar-refractivity contribution in [2.75, 3.05) is 11.9 Å². The second-order valence-electron chi connectivity index (χ2n) is 4.88. The van der Waals surface area contributed by atoms with Gasteiger partial charge in [0, 0.05) is 18.0 Å². The van der Waals surface area contributed by atoms with E-state index in [0.29, 0.717) is 17.7 Å². The average Bonchev–Trinajstić information content (AvgIpc) is 2.89. The summed E-state index contributed by atoms with van der Waals surface area (Å²) in [5, 5.41) is 3.56. The molecule has 0 radical (unpaired) electrons. The van der Waals surface area contributed by atoms with Crippen molar-refractivity contribution in [3.63, 3.8) is 0 Å². The molecule has 1 aromatic carbocycles. The van der Waals surface area contributed by atoms with Crippen molar-refractivity contribution >= 4 is 17.4 Å². The quantitative estimate of drug-likeness (QED) is 0.686. The number of halogens is 1. The number of aromatic nitrogens is 2. The Balaban J connectivity index is 2.01. The Bertz CT molecular complexity index is 625. The van der Waals surface area contributed by atoms with Gasteiger partial charge in [-0.1, -0.05) is 36.4 Å². The first-order valence-corrected chi connectivity index (χ1v) is 7.13. The van der Waals surface area contributed by atoms with E-state index < -0.39 is 0 Å². The Morgan fingerprint density at radius 1 is 1.30 bits per heavy atom. The lowest BCUT2D eigenvalue weighted by atomic mass is 9.97. The first kappa shape index (κ1) is 13.1. The summed E-state index contributed by atoms with van der Waals surface area (Å²) >= 11 is 6.07. The lowest BCUT2D eigenvalue weighted by Crippen LogP contribution is -2.07. The van der Waals surface area contributed by atoms with Crippen LogP contribution in [0.4, 0.5) is 5.82 Å². The molecule has 20 heavy (non-hydrogen) atoms. The third-order valence-corrected chi connectivity index (χ3v) is 3.81. The van der Waals surface area contributed by atoms with Crippen LogP contribution in [-0.2, 0) is 6.42 Å². The van der Waals surface area contributed by atoms with Crippen LogP contribution >= 0.6 is 11.6 Å². The first-order valence-electron chi connectivity index (χ1n) is 6.75. The average molecular weight is 286 g/mol. The van der Waals surface area contributed by atoms with Crippen molar-refractivity contribution < 1.29 is 0 Å². The molecule has 1 heterocycles. The van der Waals surface area contributed by atoms with Gasteiger partial charge < -0.3 is 5.32 Å². The lowest BCUT2D eigenvalue weighted by molar-refractivity contribution is 0.771. The molecule has 0 bridgehead atoms. The van der Waals surface area contributed by atoms with Crippen molar-refractivity contribution in [3.05, 3.63) is 65.1 Å². The van der Waals surface area contributed by atoms with Gasteiger partial charge in [0.2, 0.25) is 5.28 Å². The van der Waals surface area contributed by atoms with E-state index in [9.17, 15) is 0 Å². The SMILES string of the molecule is C=CCNc1nc(Cl)nc2c1CCC2c1ccccc1. The zero-order valence-electron chi connectivity index (χ0n) is 11.1. The molecule has 1 unspecified atom stereocenters. The molecule has 102 valence electrons. The summed E-state index contributed by atoms with van der Waals surface area (Å²) in [6.07, 6.45) is 3.84. The van der Waals surface area contributed by atoms with E-state index in [-0.39, 0.29) is 0 Å². The Morgan fingerprint density at radius 2 is 2.10 bits per heavy atom. The molecule has 3 rings (SSSR count). The number of hydrogen-bond acceptors (Lipinski definition) is 3.